The maximum Gasteiger partial charge on any atom is 0.260 e. The largest absolute Gasteiger partial charge is 0.306 e. The molecule has 4 aromatic rings. The van der Waals surface area contributed by atoms with E-state index in [0.717, 1.165) is 33.5 Å². The van der Waals surface area contributed by atoms with Crippen LogP contribution in [0.4, 0.5) is 0 Å². The quantitative estimate of drug-likeness (QED) is 0.426. The molecule has 0 aliphatic rings. The number of nitrogens with zero attached hydrogens (tertiary/aromatic N) is 1. The molecular formula is C25H26N2OS. The second-order valence-electron chi connectivity index (χ2n) is 8.49. The number of H-pyrrole nitrogens is 1. The van der Waals surface area contributed by atoms with Gasteiger partial charge in [-0.05, 0) is 35.4 Å². The van der Waals surface area contributed by atoms with E-state index in [1.807, 2.05) is 31.2 Å². The van der Waals surface area contributed by atoms with Crippen LogP contribution in [0.1, 0.15) is 43.7 Å². The van der Waals surface area contributed by atoms with Crippen LogP contribution >= 0.6 is 11.3 Å². The van der Waals surface area contributed by atoms with Gasteiger partial charge in [-0.2, -0.15) is 0 Å². The van der Waals surface area contributed by atoms with Gasteiger partial charge in [0, 0.05) is 16.0 Å². The average molecular weight is 403 g/mol. The molecule has 2 aromatic heterocycles. The molecule has 0 saturated heterocycles. The Labute approximate surface area is 175 Å². The molecule has 29 heavy (non-hydrogen) atoms. The zero-order valence-electron chi connectivity index (χ0n) is 17.6. The van der Waals surface area contributed by atoms with Gasteiger partial charge in [0.2, 0.25) is 0 Å². The normalized spacial score (nSPS) is 11.9. The number of thiophene rings is 1. The first-order valence-electron chi connectivity index (χ1n) is 10.0. The summed E-state index contributed by atoms with van der Waals surface area (Å²) >= 11 is 1.63. The van der Waals surface area contributed by atoms with Crippen molar-refractivity contribution in [3.05, 3.63) is 74.9 Å². The lowest BCUT2D eigenvalue weighted by atomic mass is 9.86. The van der Waals surface area contributed by atoms with E-state index in [1.54, 1.807) is 11.3 Å². The Morgan fingerprint density at radius 2 is 1.72 bits per heavy atom. The number of fused-ring (bicyclic) bond motifs is 1. The molecule has 0 aliphatic carbocycles. The van der Waals surface area contributed by atoms with E-state index >= 15 is 0 Å². The lowest BCUT2D eigenvalue weighted by molar-refractivity contribution is 0.590. The van der Waals surface area contributed by atoms with Gasteiger partial charge in [0.25, 0.3) is 5.56 Å². The van der Waals surface area contributed by atoms with Crippen LogP contribution in [0.25, 0.3) is 32.7 Å². The van der Waals surface area contributed by atoms with E-state index in [4.69, 9.17) is 4.98 Å². The summed E-state index contributed by atoms with van der Waals surface area (Å²) in [6, 6.07) is 16.6. The van der Waals surface area contributed by atoms with Gasteiger partial charge in [0.1, 0.15) is 10.7 Å². The zero-order valence-corrected chi connectivity index (χ0v) is 18.4. The van der Waals surface area contributed by atoms with Crippen LogP contribution in [0.3, 0.4) is 0 Å². The molecule has 0 spiro atoms. The predicted octanol–water partition coefficient (Wildman–Crippen LogP) is 6.49. The summed E-state index contributed by atoms with van der Waals surface area (Å²) < 4.78 is 0. The number of aromatic nitrogens is 2. The van der Waals surface area contributed by atoms with Crippen molar-refractivity contribution in [2.24, 2.45) is 0 Å². The second-order valence-corrected chi connectivity index (χ2v) is 9.57. The Morgan fingerprint density at radius 3 is 2.34 bits per heavy atom. The minimum Gasteiger partial charge on any atom is -0.306 e. The van der Waals surface area contributed by atoms with E-state index in [2.05, 4.69) is 56.9 Å². The molecule has 0 unspecified atom stereocenters. The molecule has 0 aliphatic heterocycles. The molecule has 4 heteroatoms. The Bertz CT molecular complexity index is 1240. The Morgan fingerprint density at radius 1 is 1.03 bits per heavy atom. The fourth-order valence-electron chi connectivity index (χ4n) is 3.71. The van der Waals surface area contributed by atoms with E-state index in [-0.39, 0.29) is 11.0 Å². The number of rotatable bonds is 3. The van der Waals surface area contributed by atoms with Crippen LogP contribution < -0.4 is 5.56 Å². The molecule has 2 aromatic carbocycles. The third kappa shape index (κ3) is 3.53. The molecule has 0 atom stereocenters. The summed E-state index contributed by atoms with van der Waals surface area (Å²) in [5.41, 5.74) is 5.49. The van der Waals surface area contributed by atoms with E-state index < -0.39 is 0 Å². The van der Waals surface area contributed by atoms with Gasteiger partial charge in [0.05, 0.1) is 5.39 Å². The molecule has 0 radical (unpaired) electrons. The van der Waals surface area contributed by atoms with Crippen molar-refractivity contribution in [1.29, 1.82) is 0 Å². The van der Waals surface area contributed by atoms with E-state index in [0.29, 0.717) is 11.2 Å². The minimum absolute atomic E-state index is 0.0703. The molecule has 3 nitrogen and oxygen atoms in total. The van der Waals surface area contributed by atoms with Crippen molar-refractivity contribution in [2.45, 2.75) is 46.5 Å². The van der Waals surface area contributed by atoms with Crippen LogP contribution in [0.5, 0.6) is 0 Å². The summed E-state index contributed by atoms with van der Waals surface area (Å²) in [7, 11) is 0. The maximum atomic E-state index is 13.1. The monoisotopic (exact) mass is 402 g/mol. The van der Waals surface area contributed by atoms with Crippen molar-refractivity contribution in [2.75, 3.05) is 0 Å². The number of aromatic amines is 1. The molecule has 0 saturated carbocycles. The average Bonchev–Trinajstić information content (AvgIpc) is 3.07. The highest BCUT2D eigenvalue weighted by atomic mass is 32.1. The predicted molar refractivity (Wildman–Crippen MR) is 124 cm³/mol. The van der Waals surface area contributed by atoms with E-state index in [9.17, 15) is 4.79 Å². The summed E-state index contributed by atoms with van der Waals surface area (Å²) in [5, 5.41) is 0.702. The third-order valence-corrected chi connectivity index (χ3v) is 6.62. The maximum absolute atomic E-state index is 13.1. The van der Waals surface area contributed by atoms with Gasteiger partial charge >= 0.3 is 0 Å². The number of hydrogen-bond acceptors (Lipinski definition) is 3. The first-order valence-corrected chi connectivity index (χ1v) is 10.8. The van der Waals surface area contributed by atoms with Gasteiger partial charge in [-0.25, -0.2) is 4.98 Å². The Hall–Kier alpha value is -2.72. The van der Waals surface area contributed by atoms with Crippen molar-refractivity contribution < 1.29 is 0 Å². The summed E-state index contributed by atoms with van der Waals surface area (Å²) in [6.07, 6.45) is 0.872. The second kappa shape index (κ2) is 7.27. The topological polar surface area (TPSA) is 45.8 Å². The molecule has 0 bridgehead atoms. The first kappa shape index (κ1) is 19.6. The van der Waals surface area contributed by atoms with Crippen LogP contribution in [-0.4, -0.2) is 9.97 Å². The van der Waals surface area contributed by atoms with Crippen molar-refractivity contribution in [1.82, 2.24) is 9.97 Å². The SMILES string of the molecule is CCc1sc2nc(-c3ccccc3C)[nH]c(=O)c2c1-c1ccc(C(C)(C)C)cc1. The fourth-order valence-corrected chi connectivity index (χ4v) is 4.84. The molecule has 0 fully saturated rings. The van der Waals surface area contributed by atoms with Crippen molar-refractivity contribution >= 4 is 21.6 Å². The van der Waals surface area contributed by atoms with Crippen LogP contribution in [0, 0.1) is 6.92 Å². The first-order chi connectivity index (χ1) is 13.8. The molecule has 1 N–H and O–H groups in total. The number of nitrogens with one attached hydrogen (secondary N) is 1. The van der Waals surface area contributed by atoms with Gasteiger partial charge in [-0.15, -0.1) is 11.3 Å². The number of benzene rings is 2. The molecule has 148 valence electrons. The van der Waals surface area contributed by atoms with Gasteiger partial charge in [-0.3, -0.25) is 4.79 Å². The van der Waals surface area contributed by atoms with Gasteiger partial charge in [-0.1, -0.05) is 76.2 Å². The number of aryl methyl sites for hydroxylation is 2. The lowest BCUT2D eigenvalue weighted by Crippen LogP contribution is -2.11. The summed E-state index contributed by atoms with van der Waals surface area (Å²) in [5.74, 6) is 0.638. The summed E-state index contributed by atoms with van der Waals surface area (Å²) in [6.45, 7) is 10.8. The summed E-state index contributed by atoms with van der Waals surface area (Å²) in [4.78, 5) is 23.0. The Kier molecular flexibility index (Phi) is 4.91. The van der Waals surface area contributed by atoms with E-state index in [1.165, 1.54) is 10.4 Å². The van der Waals surface area contributed by atoms with Crippen LogP contribution in [-0.2, 0) is 11.8 Å². The highest BCUT2D eigenvalue weighted by Gasteiger charge is 2.20. The molecule has 0 amide bonds. The highest BCUT2D eigenvalue weighted by Crippen LogP contribution is 2.38. The Balaban J connectivity index is 1.92. The zero-order chi connectivity index (χ0) is 20.8. The highest BCUT2D eigenvalue weighted by molar-refractivity contribution is 7.19. The smallest absolute Gasteiger partial charge is 0.260 e. The standard InChI is InChI=1S/C25H26N2OS/c1-6-19-20(16-11-13-17(14-12-16)25(3,4)5)21-23(28)26-22(27-24(21)29-19)18-10-8-7-9-15(18)2/h7-14H,6H2,1-5H3,(H,26,27,28). The molecule has 2 heterocycles. The van der Waals surface area contributed by atoms with Crippen LogP contribution in [0.2, 0.25) is 0 Å². The van der Waals surface area contributed by atoms with Crippen molar-refractivity contribution in [3.63, 3.8) is 0 Å². The number of hydrogen-bond donors (Lipinski definition) is 1. The fraction of sp³-hybridized carbons (Fsp3) is 0.280. The van der Waals surface area contributed by atoms with Gasteiger partial charge in [0.15, 0.2) is 0 Å². The lowest BCUT2D eigenvalue weighted by Gasteiger charge is -2.19. The minimum atomic E-state index is -0.0703. The third-order valence-electron chi connectivity index (χ3n) is 5.40. The van der Waals surface area contributed by atoms with Gasteiger partial charge < -0.3 is 4.98 Å². The van der Waals surface area contributed by atoms with Crippen LogP contribution in [0.15, 0.2) is 53.3 Å². The molecular weight excluding hydrogens is 376 g/mol. The molecule has 4 rings (SSSR count). The van der Waals surface area contributed by atoms with Crippen molar-refractivity contribution in [3.8, 4) is 22.5 Å².